The van der Waals surface area contributed by atoms with Crippen LogP contribution in [0.1, 0.15) is 27.7 Å². The molecule has 0 saturated heterocycles. The zero-order valence-electron chi connectivity index (χ0n) is 10.0. The summed E-state index contributed by atoms with van der Waals surface area (Å²) in [5.74, 6) is -0.539. The van der Waals surface area contributed by atoms with Crippen LogP contribution in [0.4, 0.5) is 0 Å². The van der Waals surface area contributed by atoms with Crippen LogP contribution >= 0.6 is 0 Å². The fourth-order valence-corrected chi connectivity index (χ4v) is 0.979. The summed E-state index contributed by atoms with van der Waals surface area (Å²) >= 11 is 0. The Morgan fingerprint density at radius 2 is 1.67 bits per heavy atom. The molecular weight excluding hydrogens is 194 g/mol. The van der Waals surface area contributed by atoms with Crippen molar-refractivity contribution < 1.29 is 9.59 Å². The second kappa shape index (κ2) is 5.11. The average Bonchev–Trinajstić information content (AvgIpc) is 2.13. The van der Waals surface area contributed by atoms with Gasteiger partial charge in [-0.1, -0.05) is 20.8 Å². The highest BCUT2D eigenvalue weighted by molar-refractivity contribution is 5.89. The topological polar surface area (TPSA) is 84.2 Å². The molecule has 15 heavy (non-hydrogen) atoms. The lowest BCUT2D eigenvalue weighted by atomic mass is 9.87. The summed E-state index contributed by atoms with van der Waals surface area (Å²) in [6.45, 7) is 7.25. The van der Waals surface area contributed by atoms with Crippen LogP contribution in [0.3, 0.4) is 0 Å². The molecule has 0 aliphatic carbocycles. The number of likely N-dealkylation sites (N-methyl/N-ethyl adjacent to an activating group) is 1. The first-order chi connectivity index (χ1) is 6.70. The summed E-state index contributed by atoms with van der Waals surface area (Å²) in [7, 11) is 1.52. The minimum atomic E-state index is -0.621. The summed E-state index contributed by atoms with van der Waals surface area (Å²) < 4.78 is 0. The van der Waals surface area contributed by atoms with Crippen molar-refractivity contribution >= 4 is 11.8 Å². The van der Waals surface area contributed by atoms with Crippen molar-refractivity contribution in [1.82, 2.24) is 10.6 Å². The molecule has 1 unspecified atom stereocenters. The van der Waals surface area contributed by atoms with E-state index in [0.717, 1.165) is 0 Å². The summed E-state index contributed by atoms with van der Waals surface area (Å²) in [6, 6.07) is -1.18. The first-order valence-electron chi connectivity index (χ1n) is 4.97. The highest BCUT2D eigenvalue weighted by Gasteiger charge is 2.28. The molecule has 88 valence electrons. The molecular formula is C10H21N3O2. The second-order valence-electron chi connectivity index (χ2n) is 4.69. The van der Waals surface area contributed by atoms with Crippen molar-refractivity contribution in [3.63, 3.8) is 0 Å². The van der Waals surface area contributed by atoms with Crippen LogP contribution in [-0.2, 0) is 9.59 Å². The Morgan fingerprint density at radius 3 is 2.00 bits per heavy atom. The van der Waals surface area contributed by atoms with Gasteiger partial charge < -0.3 is 16.4 Å². The Hall–Kier alpha value is -1.10. The fourth-order valence-electron chi connectivity index (χ4n) is 0.979. The molecule has 0 aromatic carbocycles. The third kappa shape index (κ3) is 4.29. The standard InChI is InChI=1S/C10H21N3O2/c1-6(8(14)12-5)13-9(15)7(11)10(2,3)4/h6-7H,11H2,1-5H3,(H,12,14)(H,13,15)/t6?,7-/m1/s1. The molecule has 0 aliphatic heterocycles. The molecule has 0 heterocycles. The van der Waals surface area contributed by atoms with Crippen molar-refractivity contribution in [3.8, 4) is 0 Å². The Kier molecular flexibility index (Phi) is 4.74. The number of hydrogen-bond donors (Lipinski definition) is 3. The van der Waals surface area contributed by atoms with Gasteiger partial charge in [-0.05, 0) is 12.3 Å². The molecule has 0 aromatic rings. The average molecular weight is 215 g/mol. The van der Waals surface area contributed by atoms with Crippen LogP contribution in [0.25, 0.3) is 0 Å². The lowest BCUT2D eigenvalue weighted by Crippen LogP contribution is -2.53. The predicted octanol–water partition coefficient (Wildman–Crippen LogP) is -0.389. The number of rotatable bonds is 3. The molecule has 2 atom stereocenters. The van der Waals surface area contributed by atoms with E-state index in [4.69, 9.17) is 5.73 Å². The van der Waals surface area contributed by atoms with Crippen molar-refractivity contribution in [2.75, 3.05) is 7.05 Å². The van der Waals surface area contributed by atoms with Gasteiger partial charge in [0.1, 0.15) is 6.04 Å². The molecule has 0 bridgehead atoms. The van der Waals surface area contributed by atoms with Gasteiger partial charge in [-0.2, -0.15) is 0 Å². The quantitative estimate of drug-likeness (QED) is 0.599. The normalized spacial score (nSPS) is 15.3. The molecule has 4 N–H and O–H groups in total. The molecule has 2 amide bonds. The van der Waals surface area contributed by atoms with Gasteiger partial charge in [0.2, 0.25) is 11.8 Å². The van der Waals surface area contributed by atoms with Crippen LogP contribution in [0.5, 0.6) is 0 Å². The molecule has 0 spiro atoms. The van der Waals surface area contributed by atoms with E-state index in [1.165, 1.54) is 7.05 Å². The van der Waals surface area contributed by atoms with Crippen LogP contribution in [0.15, 0.2) is 0 Å². The molecule has 0 aromatic heterocycles. The lowest BCUT2D eigenvalue weighted by Gasteiger charge is -2.27. The Bertz CT molecular complexity index is 246. The monoisotopic (exact) mass is 215 g/mol. The molecule has 0 fully saturated rings. The maximum absolute atomic E-state index is 11.6. The number of amides is 2. The molecule has 5 nitrogen and oxygen atoms in total. The van der Waals surface area contributed by atoms with E-state index < -0.39 is 12.1 Å². The summed E-state index contributed by atoms with van der Waals surface area (Å²) in [4.78, 5) is 22.8. The van der Waals surface area contributed by atoms with E-state index in [0.29, 0.717) is 0 Å². The van der Waals surface area contributed by atoms with Gasteiger partial charge in [0.05, 0.1) is 6.04 Å². The van der Waals surface area contributed by atoms with Crippen LogP contribution < -0.4 is 16.4 Å². The van der Waals surface area contributed by atoms with E-state index in [1.807, 2.05) is 20.8 Å². The first-order valence-corrected chi connectivity index (χ1v) is 4.97. The summed E-state index contributed by atoms with van der Waals surface area (Å²) in [6.07, 6.45) is 0. The van der Waals surface area contributed by atoms with E-state index in [1.54, 1.807) is 6.92 Å². The second-order valence-corrected chi connectivity index (χ2v) is 4.69. The number of carbonyl (C=O) groups is 2. The SMILES string of the molecule is CNC(=O)C(C)NC(=O)[C@@H](N)C(C)(C)C. The lowest BCUT2D eigenvalue weighted by molar-refractivity contribution is -0.130. The Morgan fingerprint density at radius 1 is 1.20 bits per heavy atom. The number of carbonyl (C=O) groups excluding carboxylic acids is 2. The van der Waals surface area contributed by atoms with Gasteiger partial charge in [0, 0.05) is 7.05 Å². The zero-order valence-corrected chi connectivity index (χ0v) is 10.0. The number of nitrogens with one attached hydrogen (secondary N) is 2. The van der Waals surface area contributed by atoms with Crippen molar-refractivity contribution in [2.45, 2.75) is 39.8 Å². The molecule has 5 heteroatoms. The van der Waals surface area contributed by atoms with Crippen molar-refractivity contribution in [1.29, 1.82) is 0 Å². The largest absolute Gasteiger partial charge is 0.357 e. The fraction of sp³-hybridized carbons (Fsp3) is 0.800. The summed E-state index contributed by atoms with van der Waals surface area (Å²) in [5.41, 5.74) is 5.43. The molecule has 0 aliphatic rings. The highest BCUT2D eigenvalue weighted by Crippen LogP contribution is 2.17. The van der Waals surface area contributed by atoms with Gasteiger partial charge in [0.25, 0.3) is 0 Å². The molecule has 0 radical (unpaired) electrons. The maximum atomic E-state index is 11.6. The van der Waals surface area contributed by atoms with Gasteiger partial charge in [0.15, 0.2) is 0 Å². The van der Waals surface area contributed by atoms with Crippen LogP contribution in [-0.4, -0.2) is 30.9 Å². The molecule has 0 rings (SSSR count). The van der Waals surface area contributed by atoms with Gasteiger partial charge in [-0.3, -0.25) is 9.59 Å². The number of nitrogens with two attached hydrogens (primary N) is 1. The van der Waals surface area contributed by atoms with E-state index in [-0.39, 0.29) is 17.2 Å². The van der Waals surface area contributed by atoms with E-state index in [9.17, 15) is 9.59 Å². The minimum Gasteiger partial charge on any atom is -0.357 e. The van der Waals surface area contributed by atoms with Crippen LogP contribution in [0, 0.1) is 5.41 Å². The van der Waals surface area contributed by atoms with Gasteiger partial charge >= 0.3 is 0 Å². The third-order valence-electron chi connectivity index (χ3n) is 2.21. The van der Waals surface area contributed by atoms with Crippen molar-refractivity contribution in [3.05, 3.63) is 0 Å². The van der Waals surface area contributed by atoms with E-state index in [2.05, 4.69) is 10.6 Å². The van der Waals surface area contributed by atoms with Gasteiger partial charge in [-0.15, -0.1) is 0 Å². The molecule has 0 saturated carbocycles. The summed E-state index contributed by atoms with van der Waals surface area (Å²) in [5, 5.41) is 5.01. The highest BCUT2D eigenvalue weighted by atomic mass is 16.2. The minimum absolute atomic E-state index is 0.232. The first kappa shape index (κ1) is 13.9. The third-order valence-corrected chi connectivity index (χ3v) is 2.21. The Labute approximate surface area is 90.8 Å². The van der Waals surface area contributed by atoms with Gasteiger partial charge in [-0.25, -0.2) is 0 Å². The predicted molar refractivity (Wildman–Crippen MR) is 59.1 cm³/mol. The smallest absolute Gasteiger partial charge is 0.242 e. The van der Waals surface area contributed by atoms with E-state index >= 15 is 0 Å². The number of hydrogen-bond acceptors (Lipinski definition) is 3. The van der Waals surface area contributed by atoms with Crippen molar-refractivity contribution in [2.24, 2.45) is 11.1 Å². The zero-order chi connectivity index (χ0) is 12.2. The maximum Gasteiger partial charge on any atom is 0.242 e. The van der Waals surface area contributed by atoms with Crippen LogP contribution in [0.2, 0.25) is 0 Å². The Balaban J connectivity index is 4.32.